The van der Waals surface area contributed by atoms with E-state index in [1.165, 1.54) is 0 Å². The third-order valence-electron chi connectivity index (χ3n) is 5.22. The van der Waals surface area contributed by atoms with E-state index in [1.807, 2.05) is 20.8 Å². The van der Waals surface area contributed by atoms with Gasteiger partial charge in [-0.3, -0.25) is 9.59 Å². The quantitative estimate of drug-likeness (QED) is 0.808. The van der Waals surface area contributed by atoms with E-state index in [1.54, 1.807) is 16.7 Å². The Labute approximate surface area is 126 Å². The van der Waals surface area contributed by atoms with Crippen molar-refractivity contribution in [2.45, 2.75) is 45.8 Å². The zero-order chi connectivity index (χ0) is 15.8. The Morgan fingerprint density at radius 2 is 1.71 bits per heavy atom. The molecule has 2 atom stereocenters. The molecule has 6 nitrogen and oxygen atoms in total. The summed E-state index contributed by atoms with van der Waals surface area (Å²) < 4.78 is 5.67. The van der Waals surface area contributed by atoms with E-state index >= 15 is 0 Å². The summed E-state index contributed by atoms with van der Waals surface area (Å²) >= 11 is 0. The average molecular weight is 297 g/mol. The Morgan fingerprint density at radius 3 is 2.14 bits per heavy atom. The van der Waals surface area contributed by atoms with Gasteiger partial charge in [0, 0.05) is 51.5 Å². The number of rotatable bonds is 3. The van der Waals surface area contributed by atoms with Gasteiger partial charge in [0.25, 0.3) is 0 Å². The molecular weight excluding hydrogens is 270 g/mol. The smallest absolute Gasteiger partial charge is 0.243 e. The first-order valence-electron chi connectivity index (χ1n) is 7.69. The highest BCUT2D eigenvalue weighted by molar-refractivity contribution is 5.89. The zero-order valence-corrected chi connectivity index (χ0v) is 13.5. The Morgan fingerprint density at radius 1 is 1.19 bits per heavy atom. The molecule has 120 valence electrons. The van der Waals surface area contributed by atoms with Crippen LogP contribution in [0.4, 0.5) is 0 Å². The van der Waals surface area contributed by atoms with Crippen molar-refractivity contribution < 1.29 is 14.3 Å². The lowest BCUT2D eigenvalue weighted by Crippen LogP contribution is -2.76. The molecule has 2 N–H and O–H groups in total. The van der Waals surface area contributed by atoms with Crippen LogP contribution in [0.15, 0.2) is 0 Å². The van der Waals surface area contributed by atoms with Gasteiger partial charge in [-0.05, 0) is 6.92 Å². The van der Waals surface area contributed by atoms with Crippen LogP contribution in [0.25, 0.3) is 0 Å². The molecule has 0 spiro atoms. The first kappa shape index (κ1) is 16.2. The van der Waals surface area contributed by atoms with Crippen LogP contribution >= 0.6 is 0 Å². The van der Waals surface area contributed by atoms with Gasteiger partial charge in [0.05, 0.1) is 6.10 Å². The average Bonchev–Trinajstić information content (AvgIpc) is 2.46. The van der Waals surface area contributed by atoms with Crippen molar-refractivity contribution >= 4 is 11.8 Å². The number of nitrogens with two attached hydrogens (primary N) is 1. The Kier molecular flexibility index (Phi) is 4.31. The number of carbonyl (C=O) groups excluding carboxylic acids is 2. The summed E-state index contributed by atoms with van der Waals surface area (Å²) in [5.74, 6) is 0.0524. The number of ether oxygens (including phenoxy) is 1. The van der Waals surface area contributed by atoms with Crippen LogP contribution in [0.3, 0.4) is 0 Å². The lowest BCUT2D eigenvalue weighted by molar-refractivity contribution is -0.180. The summed E-state index contributed by atoms with van der Waals surface area (Å²) in [7, 11) is 0. The Bertz CT molecular complexity index is 430. The van der Waals surface area contributed by atoms with Gasteiger partial charge >= 0.3 is 0 Å². The van der Waals surface area contributed by atoms with Gasteiger partial charge in [-0.15, -0.1) is 0 Å². The molecule has 0 aromatic carbocycles. The van der Waals surface area contributed by atoms with Crippen LogP contribution < -0.4 is 5.73 Å². The van der Waals surface area contributed by atoms with Crippen LogP contribution in [0.5, 0.6) is 0 Å². The van der Waals surface area contributed by atoms with Crippen molar-refractivity contribution in [3.05, 3.63) is 0 Å². The van der Waals surface area contributed by atoms with E-state index in [-0.39, 0.29) is 23.3 Å². The molecule has 0 aromatic heterocycles. The predicted molar refractivity (Wildman–Crippen MR) is 79.6 cm³/mol. The standard InChI is InChI=1S/C15H27N3O3/c1-5-21-12-10-15(16,14(12,3)4)13(20)18-8-6-17(7-9-18)11(2)19/h12H,5-10,16H2,1-4H3. The van der Waals surface area contributed by atoms with E-state index in [4.69, 9.17) is 10.5 Å². The summed E-state index contributed by atoms with van der Waals surface area (Å²) in [5, 5.41) is 0. The fourth-order valence-electron chi connectivity index (χ4n) is 3.30. The van der Waals surface area contributed by atoms with E-state index in [2.05, 4.69) is 0 Å². The first-order chi connectivity index (χ1) is 9.74. The molecule has 1 aliphatic carbocycles. The Balaban J connectivity index is 2.00. The highest BCUT2D eigenvalue weighted by atomic mass is 16.5. The second-order valence-corrected chi connectivity index (χ2v) is 6.64. The molecule has 0 bridgehead atoms. The zero-order valence-electron chi connectivity index (χ0n) is 13.5. The SMILES string of the molecule is CCOC1CC(N)(C(=O)N2CCN(C(C)=O)CC2)C1(C)C. The second-order valence-electron chi connectivity index (χ2n) is 6.64. The maximum Gasteiger partial charge on any atom is 0.243 e. The molecule has 21 heavy (non-hydrogen) atoms. The van der Waals surface area contributed by atoms with Crippen molar-refractivity contribution in [1.82, 2.24) is 9.80 Å². The van der Waals surface area contributed by atoms with Crippen LogP contribution in [-0.4, -0.2) is 66.0 Å². The van der Waals surface area contributed by atoms with Gasteiger partial charge in [0.2, 0.25) is 11.8 Å². The largest absolute Gasteiger partial charge is 0.378 e. The number of carbonyl (C=O) groups is 2. The minimum absolute atomic E-state index is 0.00773. The van der Waals surface area contributed by atoms with Crippen molar-refractivity contribution in [1.29, 1.82) is 0 Å². The van der Waals surface area contributed by atoms with Crippen molar-refractivity contribution in [3.63, 3.8) is 0 Å². The van der Waals surface area contributed by atoms with E-state index in [0.29, 0.717) is 39.2 Å². The normalized spacial score (nSPS) is 31.8. The molecule has 1 aliphatic heterocycles. The van der Waals surface area contributed by atoms with Gasteiger partial charge in [-0.2, -0.15) is 0 Å². The maximum atomic E-state index is 12.8. The predicted octanol–water partition coefficient (Wildman–Crippen LogP) is 0.210. The molecule has 0 aromatic rings. The molecule has 1 saturated heterocycles. The van der Waals surface area contributed by atoms with Crippen molar-refractivity contribution in [3.8, 4) is 0 Å². The lowest BCUT2D eigenvalue weighted by Gasteiger charge is -2.59. The molecule has 6 heteroatoms. The topological polar surface area (TPSA) is 75.9 Å². The molecule has 2 rings (SSSR count). The summed E-state index contributed by atoms with van der Waals surface area (Å²) in [5.41, 5.74) is 5.20. The number of piperazine rings is 1. The fourth-order valence-corrected chi connectivity index (χ4v) is 3.30. The molecule has 2 aliphatic rings. The third kappa shape index (κ3) is 2.55. The first-order valence-corrected chi connectivity index (χ1v) is 7.69. The summed E-state index contributed by atoms with van der Waals surface area (Å²) in [6.07, 6.45) is 0.606. The van der Waals surface area contributed by atoms with Gasteiger partial charge in [0.1, 0.15) is 5.54 Å². The highest BCUT2D eigenvalue weighted by Crippen LogP contribution is 2.50. The van der Waals surface area contributed by atoms with Crippen LogP contribution in [0.1, 0.15) is 34.1 Å². The van der Waals surface area contributed by atoms with Crippen LogP contribution in [-0.2, 0) is 14.3 Å². The molecule has 2 unspecified atom stereocenters. The molecule has 1 saturated carbocycles. The van der Waals surface area contributed by atoms with Gasteiger partial charge in [-0.25, -0.2) is 0 Å². The van der Waals surface area contributed by atoms with Gasteiger partial charge < -0.3 is 20.3 Å². The van der Waals surface area contributed by atoms with E-state index in [0.717, 1.165) is 0 Å². The highest BCUT2D eigenvalue weighted by Gasteiger charge is 2.63. The molecular formula is C15H27N3O3. The molecule has 0 radical (unpaired) electrons. The van der Waals surface area contributed by atoms with E-state index in [9.17, 15) is 9.59 Å². The number of nitrogens with zero attached hydrogens (tertiary/aromatic N) is 2. The fraction of sp³-hybridized carbons (Fsp3) is 0.867. The van der Waals surface area contributed by atoms with Gasteiger partial charge in [-0.1, -0.05) is 13.8 Å². The van der Waals surface area contributed by atoms with Crippen molar-refractivity contribution in [2.75, 3.05) is 32.8 Å². The lowest BCUT2D eigenvalue weighted by atomic mass is 9.54. The number of amides is 2. The third-order valence-corrected chi connectivity index (χ3v) is 5.22. The monoisotopic (exact) mass is 297 g/mol. The number of hydrogen-bond acceptors (Lipinski definition) is 4. The molecule has 2 fully saturated rings. The van der Waals surface area contributed by atoms with Crippen molar-refractivity contribution in [2.24, 2.45) is 11.1 Å². The maximum absolute atomic E-state index is 12.8. The summed E-state index contributed by atoms with van der Waals surface area (Å²) in [6.45, 7) is 10.5. The molecule has 1 heterocycles. The van der Waals surface area contributed by atoms with E-state index < -0.39 is 5.54 Å². The summed E-state index contributed by atoms with van der Waals surface area (Å²) in [4.78, 5) is 27.7. The summed E-state index contributed by atoms with van der Waals surface area (Å²) in [6, 6.07) is 0. The molecule has 2 amide bonds. The number of hydrogen-bond donors (Lipinski definition) is 1. The minimum Gasteiger partial charge on any atom is -0.378 e. The Hall–Kier alpha value is -1.14. The second kappa shape index (κ2) is 5.57. The van der Waals surface area contributed by atoms with Crippen LogP contribution in [0, 0.1) is 5.41 Å². The minimum atomic E-state index is -0.856. The van der Waals surface area contributed by atoms with Crippen LogP contribution in [0.2, 0.25) is 0 Å². The van der Waals surface area contributed by atoms with Gasteiger partial charge in [0.15, 0.2) is 0 Å².